The zero-order chi connectivity index (χ0) is 20.1. The summed E-state index contributed by atoms with van der Waals surface area (Å²) >= 11 is 6.09. The van der Waals surface area contributed by atoms with Crippen molar-refractivity contribution < 1.29 is 15.0 Å². The molecule has 3 N–H and O–H groups in total. The van der Waals surface area contributed by atoms with E-state index in [0.717, 1.165) is 16.5 Å². The first-order valence-electron chi connectivity index (χ1n) is 9.13. The Kier molecular flexibility index (Phi) is 6.49. The van der Waals surface area contributed by atoms with Crippen molar-refractivity contribution in [2.24, 2.45) is 7.05 Å². The molecule has 2 unspecified atom stereocenters. The van der Waals surface area contributed by atoms with Crippen LogP contribution in [0, 0.1) is 0 Å². The van der Waals surface area contributed by atoms with Crippen LogP contribution in [0.5, 0.6) is 0 Å². The lowest BCUT2D eigenvalue weighted by atomic mass is 9.98. The van der Waals surface area contributed by atoms with Crippen LogP contribution in [-0.4, -0.2) is 37.2 Å². The number of carbonyl (C=O) groups is 1. The number of amides is 1. The van der Waals surface area contributed by atoms with E-state index < -0.39 is 12.2 Å². The van der Waals surface area contributed by atoms with E-state index in [4.69, 9.17) is 16.7 Å². The second-order valence-electron chi connectivity index (χ2n) is 6.80. The Bertz CT molecular complexity index is 945. The molecule has 2 aromatic heterocycles. The summed E-state index contributed by atoms with van der Waals surface area (Å²) in [7, 11) is 1.83. The summed E-state index contributed by atoms with van der Waals surface area (Å²) in [6.07, 6.45) is 2.20. The highest BCUT2D eigenvalue weighted by Crippen LogP contribution is 2.24. The van der Waals surface area contributed by atoms with Gasteiger partial charge in [-0.1, -0.05) is 41.9 Å². The first-order chi connectivity index (χ1) is 13.4. The zero-order valence-electron chi connectivity index (χ0n) is 15.5. The van der Waals surface area contributed by atoms with E-state index in [2.05, 4.69) is 15.4 Å². The quantitative estimate of drug-likeness (QED) is 0.499. The maximum atomic E-state index is 11.1. The van der Waals surface area contributed by atoms with E-state index in [1.165, 1.54) is 0 Å². The molecule has 2 heterocycles. The molecule has 3 aromatic rings. The Hall–Kier alpha value is -2.64. The van der Waals surface area contributed by atoms with E-state index in [1.54, 1.807) is 16.9 Å². The lowest BCUT2D eigenvalue weighted by molar-refractivity contribution is 0.158. The van der Waals surface area contributed by atoms with Crippen LogP contribution in [0.3, 0.4) is 0 Å². The average Bonchev–Trinajstić information content (AvgIpc) is 3.02. The summed E-state index contributed by atoms with van der Waals surface area (Å²) in [5.74, 6) is 0. The zero-order valence-corrected chi connectivity index (χ0v) is 16.3. The Balaban J connectivity index is 1.61. The molecular formula is C20H23ClN4O3. The third-order valence-electron chi connectivity index (χ3n) is 4.72. The van der Waals surface area contributed by atoms with E-state index in [9.17, 15) is 9.90 Å². The number of hydrogen-bond acceptors (Lipinski definition) is 4. The highest BCUT2D eigenvalue weighted by molar-refractivity contribution is 6.30. The van der Waals surface area contributed by atoms with Crippen LogP contribution in [0.15, 0.2) is 42.6 Å². The third kappa shape index (κ3) is 4.99. The molecule has 1 amide bonds. The minimum Gasteiger partial charge on any atom is -0.465 e. The van der Waals surface area contributed by atoms with Crippen molar-refractivity contribution in [3.8, 4) is 0 Å². The highest BCUT2D eigenvalue weighted by atomic mass is 35.5. The molecule has 0 fully saturated rings. The number of rotatable bonds is 8. The minimum atomic E-state index is -1.06. The number of aromatic nitrogens is 3. The van der Waals surface area contributed by atoms with Crippen LogP contribution >= 0.6 is 11.6 Å². The molecule has 0 aliphatic carbocycles. The van der Waals surface area contributed by atoms with E-state index in [0.29, 0.717) is 36.5 Å². The van der Waals surface area contributed by atoms with Gasteiger partial charge in [0.1, 0.15) is 5.15 Å². The standard InChI is InChI=1S/C20H23ClN4O3/c1-25-19-14(12-22-25)10-18(21)23-17(19)11-15(26)8-5-9-16(24-20(27)28)13-6-3-2-4-7-13/h2-4,6-7,10,12,15-16,24,26H,5,8-9,11H2,1H3,(H,27,28). The number of nitrogens with zero attached hydrogens (tertiary/aromatic N) is 3. The van der Waals surface area contributed by atoms with Crippen molar-refractivity contribution in [2.45, 2.75) is 37.8 Å². The smallest absolute Gasteiger partial charge is 0.405 e. The molecule has 0 spiro atoms. The largest absolute Gasteiger partial charge is 0.465 e. The second-order valence-corrected chi connectivity index (χ2v) is 7.19. The SMILES string of the molecule is Cn1ncc2cc(Cl)nc(CC(O)CCCC(NC(=O)O)c3ccccc3)c21. The Labute approximate surface area is 168 Å². The number of hydrogen-bond donors (Lipinski definition) is 3. The first-order valence-corrected chi connectivity index (χ1v) is 9.51. The highest BCUT2D eigenvalue weighted by Gasteiger charge is 2.17. The summed E-state index contributed by atoms with van der Waals surface area (Å²) in [4.78, 5) is 15.5. The van der Waals surface area contributed by atoms with Gasteiger partial charge in [0.2, 0.25) is 0 Å². The lowest BCUT2D eigenvalue weighted by Gasteiger charge is -2.18. The van der Waals surface area contributed by atoms with Gasteiger partial charge in [-0.2, -0.15) is 5.10 Å². The molecule has 0 aliphatic rings. The van der Waals surface area contributed by atoms with E-state index in [1.807, 2.05) is 37.4 Å². The van der Waals surface area contributed by atoms with Gasteiger partial charge >= 0.3 is 6.09 Å². The van der Waals surface area contributed by atoms with Gasteiger partial charge in [0, 0.05) is 18.9 Å². The van der Waals surface area contributed by atoms with Crippen LogP contribution in [0.25, 0.3) is 10.9 Å². The van der Waals surface area contributed by atoms with Crippen LogP contribution in [0.1, 0.15) is 36.6 Å². The minimum absolute atomic E-state index is 0.307. The van der Waals surface area contributed by atoms with Gasteiger partial charge in [0.05, 0.1) is 29.6 Å². The fourth-order valence-electron chi connectivity index (χ4n) is 3.44. The third-order valence-corrected chi connectivity index (χ3v) is 4.91. The number of fused-ring (bicyclic) bond motifs is 1. The predicted molar refractivity (Wildman–Crippen MR) is 107 cm³/mol. The maximum absolute atomic E-state index is 11.1. The van der Waals surface area contributed by atoms with Crippen LogP contribution in [0.2, 0.25) is 5.15 Å². The molecule has 0 radical (unpaired) electrons. The van der Waals surface area contributed by atoms with Crippen molar-refractivity contribution in [2.75, 3.05) is 0 Å². The molecule has 0 saturated carbocycles. The molecule has 1 aromatic carbocycles. The van der Waals surface area contributed by atoms with E-state index in [-0.39, 0.29) is 6.04 Å². The average molecular weight is 403 g/mol. The molecule has 148 valence electrons. The number of aryl methyl sites for hydroxylation is 1. The van der Waals surface area contributed by atoms with Crippen molar-refractivity contribution >= 4 is 28.6 Å². The number of pyridine rings is 1. The topological polar surface area (TPSA) is 100 Å². The van der Waals surface area contributed by atoms with Gasteiger partial charge in [-0.3, -0.25) is 4.68 Å². The van der Waals surface area contributed by atoms with Gasteiger partial charge in [-0.05, 0) is 30.9 Å². The molecule has 7 nitrogen and oxygen atoms in total. The van der Waals surface area contributed by atoms with Gasteiger partial charge in [-0.25, -0.2) is 9.78 Å². The molecular weight excluding hydrogens is 380 g/mol. The lowest BCUT2D eigenvalue weighted by Crippen LogP contribution is -2.27. The first kappa shape index (κ1) is 20.1. The Morgan fingerprint density at radius 3 is 2.75 bits per heavy atom. The summed E-state index contributed by atoms with van der Waals surface area (Å²) in [5, 5.41) is 27.6. The molecule has 3 rings (SSSR count). The monoisotopic (exact) mass is 402 g/mol. The fourth-order valence-corrected chi connectivity index (χ4v) is 3.66. The number of carboxylic acid groups (broad SMARTS) is 1. The molecule has 0 aliphatic heterocycles. The van der Waals surface area contributed by atoms with Crippen molar-refractivity contribution in [3.05, 3.63) is 59.0 Å². The summed E-state index contributed by atoms with van der Waals surface area (Å²) in [6.45, 7) is 0. The van der Waals surface area contributed by atoms with Crippen LogP contribution < -0.4 is 5.32 Å². The molecule has 28 heavy (non-hydrogen) atoms. The Morgan fingerprint density at radius 2 is 2.04 bits per heavy atom. The number of halogens is 1. The summed E-state index contributed by atoms with van der Waals surface area (Å²) in [5.41, 5.74) is 2.48. The Morgan fingerprint density at radius 1 is 1.29 bits per heavy atom. The number of benzene rings is 1. The van der Waals surface area contributed by atoms with Crippen molar-refractivity contribution in [1.82, 2.24) is 20.1 Å². The second kappa shape index (κ2) is 9.03. The molecule has 8 heteroatoms. The number of aliphatic hydroxyl groups is 1. The molecule has 0 bridgehead atoms. The summed E-state index contributed by atoms with van der Waals surface area (Å²) < 4.78 is 1.73. The predicted octanol–water partition coefficient (Wildman–Crippen LogP) is 3.70. The summed E-state index contributed by atoms with van der Waals surface area (Å²) in [6, 6.07) is 10.9. The van der Waals surface area contributed by atoms with Crippen LogP contribution in [-0.2, 0) is 13.5 Å². The van der Waals surface area contributed by atoms with Crippen LogP contribution in [0.4, 0.5) is 4.79 Å². The fraction of sp³-hybridized carbons (Fsp3) is 0.350. The van der Waals surface area contributed by atoms with Crippen molar-refractivity contribution in [1.29, 1.82) is 0 Å². The van der Waals surface area contributed by atoms with E-state index >= 15 is 0 Å². The number of aliphatic hydroxyl groups excluding tert-OH is 1. The van der Waals surface area contributed by atoms with Crippen molar-refractivity contribution in [3.63, 3.8) is 0 Å². The molecule has 2 atom stereocenters. The normalized spacial score (nSPS) is 13.4. The molecule has 0 saturated heterocycles. The van der Waals surface area contributed by atoms with Gasteiger partial charge in [0.15, 0.2) is 0 Å². The maximum Gasteiger partial charge on any atom is 0.405 e. The van der Waals surface area contributed by atoms with Gasteiger partial charge in [-0.15, -0.1) is 0 Å². The van der Waals surface area contributed by atoms with Gasteiger partial charge < -0.3 is 15.5 Å². The van der Waals surface area contributed by atoms with Gasteiger partial charge in [0.25, 0.3) is 0 Å². The number of nitrogens with one attached hydrogen (secondary N) is 1.